The van der Waals surface area contributed by atoms with E-state index in [4.69, 9.17) is 11.5 Å². The van der Waals surface area contributed by atoms with Gasteiger partial charge < -0.3 is 11.5 Å². The van der Waals surface area contributed by atoms with Crippen LogP contribution in [0.5, 0.6) is 0 Å². The molecular formula is C6H13ClN2O. The lowest BCUT2D eigenvalue weighted by atomic mass is 10.1. The van der Waals surface area contributed by atoms with E-state index in [1.165, 1.54) is 12.8 Å². The van der Waals surface area contributed by atoms with Gasteiger partial charge in [0.05, 0.1) is 6.04 Å². The van der Waals surface area contributed by atoms with E-state index in [1.54, 1.807) is 0 Å². The minimum absolute atomic E-state index is 0. The predicted molar refractivity (Wildman–Crippen MR) is 41.8 cm³/mol. The van der Waals surface area contributed by atoms with Crippen LogP contribution in [0.4, 0.5) is 0 Å². The van der Waals surface area contributed by atoms with Gasteiger partial charge >= 0.3 is 0 Å². The molecule has 0 spiro atoms. The summed E-state index contributed by atoms with van der Waals surface area (Å²) in [7, 11) is 0. The summed E-state index contributed by atoms with van der Waals surface area (Å²) in [5, 5.41) is 0. The third-order valence-corrected chi connectivity index (χ3v) is 1.65. The van der Waals surface area contributed by atoms with E-state index in [0.29, 0.717) is 5.92 Å². The van der Waals surface area contributed by atoms with Crippen molar-refractivity contribution < 1.29 is 4.79 Å². The smallest absolute Gasteiger partial charge is 0.234 e. The number of halogens is 1. The Morgan fingerprint density at radius 3 is 2.40 bits per heavy atom. The quantitative estimate of drug-likeness (QED) is 0.618. The number of hydrogen-bond acceptors (Lipinski definition) is 2. The second-order valence-corrected chi connectivity index (χ2v) is 2.69. The van der Waals surface area contributed by atoms with Crippen molar-refractivity contribution in [1.82, 2.24) is 0 Å². The molecule has 3 nitrogen and oxygen atoms in total. The summed E-state index contributed by atoms with van der Waals surface area (Å²) in [6, 6.07) is -0.405. The molecular weight excluding hydrogens is 152 g/mol. The van der Waals surface area contributed by atoms with E-state index in [2.05, 4.69) is 0 Å². The molecule has 1 saturated carbocycles. The third-order valence-electron chi connectivity index (χ3n) is 1.65. The van der Waals surface area contributed by atoms with Crippen LogP contribution in [0, 0.1) is 5.92 Å². The van der Waals surface area contributed by atoms with Crippen molar-refractivity contribution in [3.05, 3.63) is 0 Å². The Bertz CT molecular complexity index is 125. The SMILES string of the molecule is Cl.NC(=O)C(N)CC1CC1. The second kappa shape index (κ2) is 3.78. The Kier molecular flexibility index (Phi) is 3.68. The fraction of sp³-hybridized carbons (Fsp3) is 0.833. The molecule has 60 valence electrons. The first-order chi connectivity index (χ1) is 4.20. The van der Waals surface area contributed by atoms with Crippen LogP contribution in [0.25, 0.3) is 0 Å². The molecule has 0 heterocycles. The number of hydrogen-bond donors (Lipinski definition) is 2. The van der Waals surface area contributed by atoms with Crippen molar-refractivity contribution in [2.45, 2.75) is 25.3 Å². The molecule has 0 aromatic carbocycles. The lowest BCUT2D eigenvalue weighted by Crippen LogP contribution is -2.36. The highest BCUT2D eigenvalue weighted by atomic mass is 35.5. The molecule has 0 aromatic heterocycles. The van der Waals surface area contributed by atoms with Gasteiger partial charge in [0.15, 0.2) is 0 Å². The number of carbonyl (C=O) groups is 1. The molecule has 1 unspecified atom stereocenters. The molecule has 4 N–H and O–H groups in total. The Labute approximate surface area is 66.6 Å². The van der Waals surface area contributed by atoms with E-state index in [9.17, 15) is 4.79 Å². The van der Waals surface area contributed by atoms with Crippen LogP contribution < -0.4 is 11.5 Å². The van der Waals surface area contributed by atoms with Gasteiger partial charge in [0.1, 0.15) is 0 Å². The first-order valence-corrected chi connectivity index (χ1v) is 3.25. The summed E-state index contributed by atoms with van der Waals surface area (Å²) in [6.45, 7) is 0. The highest BCUT2D eigenvalue weighted by molar-refractivity contribution is 5.85. The molecule has 0 saturated heterocycles. The van der Waals surface area contributed by atoms with Gasteiger partial charge in [0.2, 0.25) is 5.91 Å². The highest BCUT2D eigenvalue weighted by Crippen LogP contribution is 2.32. The molecule has 1 atom stereocenters. The van der Waals surface area contributed by atoms with Gasteiger partial charge in [0, 0.05) is 0 Å². The van der Waals surface area contributed by atoms with Gasteiger partial charge in [-0.3, -0.25) is 4.79 Å². The zero-order valence-corrected chi connectivity index (χ0v) is 6.56. The van der Waals surface area contributed by atoms with E-state index >= 15 is 0 Å². The molecule has 1 rings (SSSR count). The molecule has 4 heteroatoms. The highest BCUT2D eigenvalue weighted by Gasteiger charge is 2.25. The summed E-state index contributed by atoms with van der Waals surface area (Å²) >= 11 is 0. The van der Waals surface area contributed by atoms with Crippen molar-refractivity contribution in [3.63, 3.8) is 0 Å². The fourth-order valence-electron chi connectivity index (χ4n) is 0.829. The number of primary amides is 1. The van der Waals surface area contributed by atoms with Crippen LogP contribution in [0.15, 0.2) is 0 Å². The average Bonchev–Trinajstić information content (AvgIpc) is 2.50. The van der Waals surface area contributed by atoms with Gasteiger partial charge in [-0.1, -0.05) is 12.8 Å². The Morgan fingerprint density at radius 1 is 1.60 bits per heavy atom. The Hall–Kier alpha value is -0.280. The molecule has 1 amide bonds. The van der Waals surface area contributed by atoms with Gasteiger partial charge in [-0.2, -0.15) is 0 Å². The molecule has 0 radical (unpaired) electrons. The molecule has 0 aromatic rings. The number of amides is 1. The maximum absolute atomic E-state index is 10.4. The molecule has 0 aliphatic heterocycles. The summed E-state index contributed by atoms with van der Waals surface area (Å²) in [5.41, 5.74) is 10.3. The summed E-state index contributed by atoms with van der Waals surface area (Å²) < 4.78 is 0. The van der Waals surface area contributed by atoms with E-state index in [1.807, 2.05) is 0 Å². The van der Waals surface area contributed by atoms with Crippen molar-refractivity contribution in [3.8, 4) is 0 Å². The summed E-state index contributed by atoms with van der Waals surface area (Å²) in [4.78, 5) is 10.4. The first kappa shape index (κ1) is 9.72. The number of carbonyl (C=O) groups excluding carboxylic acids is 1. The van der Waals surface area contributed by atoms with Crippen LogP contribution in [-0.4, -0.2) is 11.9 Å². The third kappa shape index (κ3) is 3.03. The standard InChI is InChI=1S/C6H12N2O.ClH/c7-5(6(8)9)3-4-1-2-4;/h4-5H,1-3,7H2,(H2,8,9);1H. The minimum atomic E-state index is -0.405. The predicted octanol–water partition coefficient (Wildman–Crippen LogP) is 0.0209. The van der Waals surface area contributed by atoms with Crippen molar-refractivity contribution >= 4 is 18.3 Å². The van der Waals surface area contributed by atoms with E-state index < -0.39 is 6.04 Å². The lowest BCUT2D eigenvalue weighted by molar-refractivity contribution is -0.119. The number of nitrogens with two attached hydrogens (primary N) is 2. The topological polar surface area (TPSA) is 69.1 Å². The van der Waals surface area contributed by atoms with E-state index in [-0.39, 0.29) is 18.3 Å². The first-order valence-electron chi connectivity index (χ1n) is 3.25. The van der Waals surface area contributed by atoms with Crippen LogP contribution in [0.2, 0.25) is 0 Å². The van der Waals surface area contributed by atoms with Crippen LogP contribution in [0.3, 0.4) is 0 Å². The van der Waals surface area contributed by atoms with Gasteiger partial charge in [0.25, 0.3) is 0 Å². The fourth-order valence-corrected chi connectivity index (χ4v) is 0.829. The Balaban J connectivity index is 0.000000810. The monoisotopic (exact) mass is 164 g/mol. The van der Waals surface area contributed by atoms with Crippen LogP contribution in [-0.2, 0) is 4.79 Å². The van der Waals surface area contributed by atoms with Crippen molar-refractivity contribution in [1.29, 1.82) is 0 Å². The summed E-state index contributed by atoms with van der Waals surface area (Å²) in [6.07, 6.45) is 3.23. The maximum atomic E-state index is 10.4. The van der Waals surface area contributed by atoms with Gasteiger partial charge in [-0.05, 0) is 12.3 Å². The zero-order chi connectivity index (χ0) is 6.85. The normalized spacial score (nSPS) is 19.3. The zero-order valence-electron chi connectivity index (χ0n) is 5.75. The molecule has 0 bridgehead atoms. The van der Waals surface area contributed by atoms with E-state index in [0.717, 1.165) is 6.42 Å². The maximum Gasteiger partial charge on any atom is 0.234 e. The van der Waals surface area contributed by atoms with Crippen LogP contribution >= 0.6 is 12.4 Å². The molecule has 10 heavy (non-hydrogen) atoms. The summed E-state index contributed by atoms with van der Waals surface area (Å²) in [5.74, 6) is 0.314. The minimum Gasteiger partial charge on any atom is -0.368 e. The van der Waals surface area contributed by atoms with Gasteiger partial charge in [-0.15, -0.1) is 12.4 Å². The van der Waals surface area contributed by atoms with Gasteiger partial charge in [-0.25, -0.2) is 0 Å². The van der Waals surface area contributed by atoms with Crippen molar-refractivity contribution in [2.75, 3.05) is 0 Å². The molecule has 1 aliphatic rings. The molecule has 1 fully saturated rings. The largest absolute Gasteiger partial charge is 0.368 e. The van der Waals surface area contributed by atoms with Crippen molar-refractivity contribution in [2.24, 2.45) is 17.4 Å². The molecule has 1 aliphatic carbocycles. The number of rotatable bonds is 3. The lowest BCUT2D eigenvalue weighted by Gasteiger charge is -2.03. The Morgan fingerprint density at radius 2 is 2.10 bits per heavy atom. The average molecular weight is 165 g/mol. The second-order valence-electron chi connectivity index (χ2n) is 2.69. The van der Waals surface area contributed by atoms with Crippen LogP contribution in [0.1, 0.15) is 19.3 Å².